The molecule has 1 aliphatic rings. The summed E-state index contributed by atoms with van der Waals surface area (Å²) in [5.41, 5.74) is 5.96. The number of ether oxygens (including phenoxy) is 1. The summed E-state index contributed by atoms with van der Waals surface area (Å²) in [6, 6.07) is 14.3. The first-order valence-corrected chi connectivity index (χ1v) is 11.9. The molecule has 3 aromatic rings. The highest BCUT2D eigenvalue weighted by molar-refractivity contribution is 7.80. The summed E-state index contributed by atoms with van der Waals surface area (Å²) in [7, 11) is 0. The molecule has 0 atom stereocenters. The molecule has 7 heteroatoms. The second kappa shape index (κ2) is 10.5. The number of aryl methyl sites for hydroxylation is 3. The van der Waals surface area contributed by atoms with Crippen LogP contribution >= 0.6 is 12.2 Å². The van der Waals surface area contributed by atoms with Crippen LogP contribution in [0.15, 0.2) is 47.3 Å². The van der Waals surface area contributed by atoms with E-state index in [4.69, 9.17) is 17.0 Å². The number of benzene rings is 2. The molecule has 33 heavy (non-hydrogen) atoms. The van der Waals surface area contributed by atoms with Crippen LogP contribution in [0.5, 0.6) is 0 Å². The van der Waals surface area contributed by atoms with Crippen molar-refractivity contribution in [2.75, 3.05) is 44.7 Å². The van der Waals surface area contributed by atoms with E-state index in [0.717, 1.165) is 67.1 Å². The van der Waals surface area contributed by atoms with Crippen molar-refractivity contribution in [3.8, 4) is 0 Å². The topological polar surface area (TPSA) is 60.6 Å². The number of rotatable bonds is 6. The van der Waals surface area contributed by atoms with Gasteiger partial charge in [0.1, 0.15) is 0 Å². The fraction of sp³-hybridized carbons (Fsp3) is 0.385. The number of hydrogen-bond donors (Lipinski definition) is 2. The van der Waals surface area contributed by atoms with E-state index < -0.39 is 0 Å². The molecule has 0 bridgehead atoms. The van der Waals surface area contributed by atoms with Crippen molar-refractivity contribution < 1.29 is 4.74 Å². The molecule has 0 amide bonds. The number of morpholine rings is 1. The van der Waals surface area contributed by atoms with E-state index in [1.54, 1.807) is 0 Å². The zero-order valence-electron chi connectivity index (χ0n) is 19.6. The Morgan fingerprint density at radius 3 is 2.55 bits per heavy atom. The van der Waals surface area contributed by atoms with E-state index in [9.17, 15) is 4.79 Å². The van der Waals surface area contributed by atoms with Crippen molar-refractivity contribution in [1.82, 2.24) is 14.8 Å². The summed E-state index contributed by atoms with van der Waals surface area (Å²) in [6.45, 7) is 11.6. The number of pyridine rings is 1. The van der Waals surface area contributed by atoms with Crippen molar-refractivity contribution in [1.29, 1.82) is 0 Å². The second-order valence-electron chi connectivity index (χ2n) is 8.84. The number of anilines is 1. The van der Waals surface area contributed by atoms with Crippen LogP contribution in [0.25, 0.3) is 10.9 Å². The third-order valence-corrected chi connectivity index (χ3v) is 6.49. The summed E-state index contributed by atoms with van der Waals surface area (Å²) in [5, 5.41) is 5.04. The minimum atomic E-state index is -0.0676. The summed E-state index contributed by atoms with van der Waals surface area (Å²) in [4.78, 5) is 20.5. The predicted molar refractivity (Wildman–Crippen MR) is 139 cm³/mol. The molecule has 1 saturated heterocycles. The van der Waals surface area contributed by atoms with Gasteiger partial charge in [0.15, 0.2) is 5.11 Å². The number of aromatic nitrogens is 1. The van der Waals surface area contributed by atoms with E-state index in [1.165, 1.54) is 5.56 Å². The van der Waals surface area contributed by atoms with Crippen LogP contribution in [-0.2, 0) is 11.3 Å². The fourth-order valence-electron chi connectivity index (χ4n) is 4.22. The number of nitrogens with one attached hydrogen (secondary N) is 2. The zero-order valence-corrected chi connectivity index (χ0v) is 20.4. The van der Waals surface area contributed by atoms with E-state index in [0.29, 0.717) is 17.2 Å². The van der Waals surface area contributed by atoms with Crippen molar-refractivity contribution in [3.63, 3.8) is 0 Å². The van der Waals surface area contributed by atoms with Gasteiger partial charge in [0.25, 0.3) is 5.56 Å². The van der Waals surface area contributed by atoms with Gasteiger partial charge in [0, 0.05) is 48.3 Å². The van der Waals surface area contributed by atoms with Gasteiger partial charge >= 0.3 is 0 Å². The predicted octanol–water partition coefficient (Wildman–Crippen LogP) is 3.98. The summed E-state index contributed by atoms with van der Waals surface area (Å²) in [6.07, 6.45) is 0. The number of H-pyrrole nitrogens is 1. The first-order valence-electron chi connectivity index (χ1n) is 11.4. The Morgan fingerprint density at radius 2 is 1.82 bits per heavy atom. The highest BCUT2D eigenvalue weighted by atomic mass is 32.1. The van der Waals surface area contributed by atoms with E-state index in [-0.39, 0.29) is 5.56 Å². The Morgan fingerprint density at radius 1 is 1.09 bits per heavy atom. The molecular weight excluding hydrogens is 432 g/mol. The normalized spacial score (nSPS) is 14.4. The van der Waals surface area contributed by atoms with Crippen LogP contribution in [0.3, 0.4) is 0 Å². The summed E-state index contributed by atoms with van der Waals surface area (Å²) in [5.74, 6) is 0. The Hall–Kier alpha value is -2.74. The van der Waals surface area contributed by atoms with Gasteiger partial charge in [-0.2, -0.15) is 0 Å². The maximum absolute atomic E-state index is 12.9. The van der Waals surface area contributed by atoms with Gasteiger partial charge in [-0.3, -0.25) is 9.69 Å². The molecule has 2 aromatic carbocycles. The SMILES string of the molecule is Cc1ccc(NC(=S)N(CCN2CCOCC2)Cc2cc3c(C)cc(C)cc3[nH]c2=O)cc1. The van der Waals surface area contributed by atoms with Gasteiger partial charge in [-0.15, -0.1) is 0 Å². The van der Waals surface area contributed by atoms with Crippen LogP contribution in [0.1, 0.15) is 22.3 Å². The molecule has 2 N–H and O–H groups in total. The minimum Gasteiger partial charge on any atom is -0.379 e. The van der Waals surface area contributed by atoms with E-state index in [2.05, 4.69) is 52.1 Å². The largest absolute Gasteiger partial charge is 0.379 e. The van der Waals surface area contributed by atoms with Gasteiger partial charge in [0.2, 0.25) is 0 Å². The first kappa shape index (κ1) is 23.4. The Labute approximate surface area is 200 Å². The Kier molecular flexibility index (Phi) is 7.42. The number of aromatic amines is 1. The molecule has 2 heterocycles. The van der Waals surface area contributed by atoms with Crippen LogP contribution in [0, 0.1) is 20.8 Å². The molecular formula is C26H32N4O2S. The molecule has 1 aliphatic heterocycles. The summed E-state index contributed by atoms with van der Waals surface area (Å²) < 4.78 is 5.48. The van der Waals surface area contributed by atoms with Gasteiger partial charge in [-0.05, 0) is 68.4 Å². The first-order chi connectivity index (χ1) is 15.9. The van der Waals surface area contributed by atoms with Crippen molar-refractivity contribution in [2.24, 2.45) is 0 Å². The van der Waals surface area contributed by atoms with Crippen LogP contribution in [0.4, 0.5) is 5.69 Å². The molecule has 0 saturated carbocycles. The average molecular weight is 465 g/mol. The third kappa shape index (κ3) is 5.99. The minimum absolute atomic E-state index is 0.0676. The third-order valence-electron chi connectivity index (χ3n) is 6.13. The highest BCUT2D eigenvalue weighted by Gasteiger charge is 2.17. The number of thiocarbonyl (C=S) groups is 1. The molecule has 0 unspecified atom stereocenters. The van der Waals surface area contributed by atoms with Crippen molar-refractivity contribution in [2.45, 2.75) is 27.3 Å². The maximum Gasteiger partial charge on any atom is 0.253 e. The van der Waals surface area contributed by atoms with E-state index >= 15 is 0 Å². The quantitative estimate of drug-likeness (QED) is 0.538. The number of hydrogen-bond acceptors (Lipinski definition) is 4. The van der Waals surface area contributed by atoms with Gasteiger partial charge in [-0.1, -0.05) is 23.8 Å². The number of fused-ring (bicyclic) bond motifs is 1. The highest BCUT2D eigenvalue weighted by Crippen LogP contribution is 2.19. The lowest BCUT2D eigenvalue weighted by molar-refractivity contribution is 0.0358. The second-order valence-corrected chi connectivity index (χ2v) is 9.23. The number of nitrogens with zero attached hydrogens (tertiary/aromatic N) is 2. The lowest BCUT2D eigenvalue weighted by Crippen LogP contribution is -2.44. The smallest absolute Gasteiger partial charge is 0.253 e. The van der Waals surface area contributed by atoms with Crippen LogP contribution in [-0.4, -0.2) is 59.3 Å². The molecule has 0 radical (unpaired) electrons. The Bertz CT molecular complexity index is 1180. The fourth-order valence-corrected chi connectivity index (χ4v) is 4.49. The van der Waals surface area contributed by atoms with Crippen molar-refractivity contribution in [3.05, 3.63) is 75.1 Å². The molecule has 0 aliphatic carbocycles. The van der Waals surface area contributed by atoms with Crippen LogP contribution < -0.4 is 10.9 Å². The lowest BCUT2D eigenvalue weighted by atomic mass is 10.0. The van der Waals surface area contributed by atoms with Crippen LogP contribution in [0.2, 0.25) is 0 Å². The lowest BCUT2D eigenvalue weighted by Gasteiger charge is -2.31. The molecule has 174 valence electrons. The molecule has 1 aromatic heterocycles. The standard InChI is InChI=1S/C26H32N4O2S/c1-18-4-6-22(7-5-18)27-26(33)30(9-8-29-10-12-32-13-11-29)17-21-16-23-20(3)14-19(2)15-24(23)28-25(21)31/h4-7,14-16H,8-13,17H2,1-3H3,(H,27,33)(H,28,31). The molecule has 1 fully saturated rings. The van der Waals surface area contributed by atoms with E-state index in [1.807, 2.05) is 31.2 Å². The maximum atomic E-state index is 12.9. The molecule has 6 nitrogen and oxygen atoms in total. The average Bonchev–Trinajstić information content (AvgIpc) is 2.79. The Balaban J connectivity index is 1.57. The van der Waals surface area contributed by atoms with Gasteiger partial charge in [-0.25, -0.2) is 0 Å². The zero-order chi connectivity index (χ0) is 23.4. The molecule has 0 spiro atoms. The van der Waals surface area contributed by atoms with Gasteiger partial charge in [0.05, 0.1) is 19.8 Å². The van der Waals surface area contributed by atoms with Gasteiger partial charge < -0.3 is 19.9 Å². The monoisotopic (exact) mass is 464 g/mol. The van der Waals surface area contributed by atoms with Crippen molar-refractivity contribution >= 4 is 33.9 Å². The molecule has 4 rings (SSSR count). The summed E-state index contributed by atoms with van der Waals surface area (Å²) >= 11 is 5.80.